The van der Waals surface area contributed by atoms with Crippen molar-refractivity contribution in [3.05, 3.63) is 42.7 Å². The van der Waals surface area contributed by atoms with E-state index >= 15 is 0 Å². The Kier molecular flexibility index (Phi) is 3.85. The molecule has 0 saturated heterocycles. The zero-order valence-corrected chi connectivity index (χ0v) is 12.2. The van der Waals surface area contributed by atoms with Gasteiger partial charge in [0.1, 0.15) is 23.4 Å². The van der Waals surface area contributed by atoms with Crippen LogP contribution in [0.3, 0.4) is 0 Å². The second-order valence-corrected chi connectivity index (χ2v) is 5.07. The molecule has 0 aromatic carbocycles. The fourth-order valence-electron chi connectivity index (χ4n) is 2.40. The van der Waals surface area contributed by atoms with Gasteiger partial charge in [-0.3, -0.25) is 4.79 Å². The molecule has 3 rings (SSSR count). The summed E-state index contributed by atoms with van der Waals surface area (Å²) in [6.45, 7) is 0.274. The van der Waals surface area contributed by atoms with Gasteiger partial charge >= 0.3 is 0 Å². The Morgan fingerprint density at radius 2 is 2.22 bits per heavy atom. The number of hydrogen-bond donors (Lipinski definition) is 3. The summed E-state index contributed by atoms with van der Waals surface area (Å²) in [5.41, 5.74) is 12.5. The Labute approximate surface area is 131 Å². The number of rotatable bonds is 5. The number of nitrogens with zero attached hydrogens (tertiary/aromatic N) is 5. The van der Waals surface area contributed by atoms with Crippen LogP contribution in [0.25, 0.3) is 11.2 Å². The van der Waals surface area contributed by atoms with Crippen molar-refractivity contribution in [2.24, 2.45) is 5.73 Å². The largest absolute Gasteiger partial charge is 0.394 e. The lowest BCUT2D eigenvalue weighted by Gasteiger charge is -2.13. The van der Waals surface area contributed by atoms with Gasteiger partial charge in [0.05, 0.1) is 12.9 Å². The molecule has 0 aliphatic carbocycles. The van der Waals surface area contributed by atoms with E-state index in [2.05, 4.69) is 15.0 Å². The predicted octanol–water partition coefficient (Wildman–Crippen LogP) is -0.971. The highest BCUT2D eigenvalue weighted by atomic mass is 16.3. The van der Waals surface area contributed by atoms with E-state index in [1.807, 2.05) is 0 Å². The molecular formula is C14H16N7O2+. The van der Waals surface area contributed by atoms with Gasteiger partial charge in [0, 0.05) is 6.07 Å². The number of imidazole rings is 1. The molecule has 5 N–H and O–H groups in total. The number of hydrogen-bond acceptors (Lipinski definition) is 6. The lowest BCUT2D eigenvalue weighted by molar-refractivity contribution is -0.701. The normalized spacial score (nSPS) is 12.4. The van der Waals surface area contributed by atoms with Crippen molar-refractivity contribution in [3.8, 4) is 0 Å². The maximum atomic E-state index is 11.3. The monoisotopic (exact) mass is 314 g/mol. The molecule has 3 aromatic heterocycles. The zero-order chi connectivity index (χ0) is 16.4. The minimum absolute atomic E-state index is 0.136. The first-order valence-electron chi connectivity index (χ1n) is 6.93. The van der Waals surface area contributed by atoms with Crippen LogP contribution in [0.1, 0.15) is 16.4 Å². The first-order chi connectivity index (χ1) is 11.1. The van der Waals surface area contributed by atoms with Crippen LogP contribution in [0, 0.1) is 0 Å². The fourth-order valence-corrected chi connectivity index (χ4v) is 2.40. The van der Waals surface area contributed by atoms with Gasteiger partial charge in [0.2, 0.25) is 0 Å². The molecule has 1 amide bonds. The molecule has 0 spiro atoms. The standard InChI is InChI=1S/C14H15N7O2/c15-12-11-14(18-7-17-12)21(8-19-11)10(6-22)5-20-3-1-2-9(4-20)13(16)23/h1-4,7-8,10,22H,5-6H2,(H3-,15,16,17,18,23)/p+1. The van der Waals surface area contributed by atoms with Crippen LogP contribution in [0.4, 0.5) is 5.82 Å². The van der Waals surface area contributed by atoms with Crippen molar-refractivity contribution >= 4 is 22.9 Å². The van der Waals surface area contributed by atoms with Crippen molar-refractivity contribution in [3.63, 3.8) is 0 Å². The maximum absolute atomic E-state index is 11.3. The minimum atomic E-state index is -0.506. The number of nitrogen functional groups attached to an aromatic ring is 1. The summed E-state index contributed by atoms with van der Waals surface area (Å²) < 4.78 is 3.51. The molecule has 0 saturated carbocycles. The van der Waals surface area contributed by atoms with Crippen LogP contribution < -0.4 is 16.0 Å². The number of pyridine rings is 1. The Morgan fingerprint density at radius 3 is 2.96 bits per heavy atom. The lowest BCUT2D eigenvalue weighted by Crippen LogP contribution is -2.40. The summed E-state index contributed by atoms with van der Waals surface area (Å²) in [6.07, 6.45) is 6.34. The lowest BCUT2D eigenvalue weighted by atomic mass is 10.2. The van der Waals surface area contributed by atoms with Crippen molar-refractivity contribution in [1.29, 1.82) is 0 Å². The first kappa shape index (κ1) is 14.9. The topological polar surface area (TPSA) is 137 Å². The van der Waals surface area contributed by atoms with E-state index in [1.54, 1.807) is 40.0 Å². The summed E-state index contributed by atoms with van der Waals surface area (Å²) in [4.78, 5) is 23.5. The summed E-state index contributed by atoms with van der Waals surface area (Å²) >= 11 is 0. The van der Waals surface area contributed by atoms with Crippen molar-refractivity contribution in [2.45, 2.75) is 12.6 Å². The van der Waals surface area contributed by atoms with E-state index in [9.17, 15) is 9.90 Å². The average Bonchev–Trinajstić information content (AvgIpc) is 2.98. The Morgan fingerprint density at radius 1 is 1.39 bits per heavy atom. The number of anilines is 1. The molecule has 23 heavy (non-hydrogen) atoms. The fraction of sp³-hybridized carbons (Fsp3) is 0.214. The Balaban J connectivity index is 1.95. The Bertz CT molecular complexity index is 861. The third kappa shape index (κ3) is 2.81. The van der Waals surface area contributed by atoms with Gasteiger partial charge in [-0.05, 0) is 6.07 Å². The molecule has 118 valence electrons. The van der Waals surface area contributed by atoms with Crippen LogP contribution in [0.2, 0.25) is 0 Å². The maximum Gasteiger partial charge on any atom is 0.254 e. The molecule has 0 fully saturated rings. The summed E-state index contributed by atoms with van der Waals surface area (Å²) in [6, 6.07) is 3.02. The summed E-state index contributed by atoms with van der Waals surface area (Å²) in [5.74, 6) is -0.220. The smallest absolute Gasteiger partial charge is 0.254 e. The number of aromatic nitrogens is 5. The van der Waals surface area contributed by atoms with E-state index in [4.69, 9.17) is 11.5 Å². The number of fused-ring (bicyclic) bond motifs is 1. The third-order valence-electron chi connectivity index (χ3n) is 3.56. The average molecular weight is 314 g/mol. The number of carbonyl (C=O) groups excluding carboxylic acids is 1. The first-order valence-corrected chi connectivity index (χ1v) is 6.93. The summed E-state index contributed by atoms with van der Waals surface area (Å²) in [5, 5.41) is 9.74. The van der Waals surface area contributed by atoms with Gasteiger partial charge in [0.15, 0.2) is 30.4 Å². The molecule has 3 heterocycles. The van der Waals surface area contributed by atoms with Crippen molar-refractivity contribution in [1.82, 2.24) is 19.5 Å². The van der Waals surface area contributed by atoms with E-state index < -0.39 is 5.91 Å². The van der Waals surface area contributed by atoms with Crippen molar-refractivity contribution < 1.29 is 14.5 Å². The van der Waals surface area contributed by atoms with Crippen molar-refractivity contribution in [2.75, 3.05) is 12.3 Å². The molecule has 0 bridgehead atoms. The van der Waals surface area contributed by atoms with Gasteiger partial charge in [-0.15, -0.1) is 0 Å². The van der Waals surface area contributed by atoms with E-state index in [-0.39, 0.29) is 18.5 Å². The SMILES string of the molecule is NC(=O)c1ccc[n+](CC(CO)n2cnc3c(N)ncnc32)c1. The molecule has 9 heteroatoms. The quantitative estimate of drug-likeness (QED) is 0.518. The van der Waals surface area contributed by atoms with Crippen LogP contribution in [-0.2, 0) is 6.54 Å². The molecule has 0 aliphatic heterocycles. The molecule has 1 atom stereocenters. The third-order valence-corrected chi connectivity index (χ3v) is 3.56. The van der Waals surface area contributed by atoms with Gasteiger partial charge in [-0.25, -0.2) is 19.5 Å². The second kappa shape index (κ2) is 5.97. The van der Waals surface area contributed by atoms with Crippen LogP contribution in [0.5, 0.6) is 0 Å². The molecular weight excluding hydrogens is 298 g/mol. The van der Waals surface area contributed by atoms with Crippen LogP contribution >= 0.6 is 0 Å². The minimum Gasteiger partial charge on any atom is -0.394 e. The van der Waals surface area contributed by atoms with Crippen LogP contribution in [-0.4, -0.2) is 37.1 Å². The molecule has 0 radical (unpaired) electrons. The highest BCUT2D eigenvalue weighted by molar-refractivity contribution is 5.92. The number of carbonyl (C=O) groups is 1. The van der Waals surface area contributed by atoms with E-state index in [0.29, 0.717) is 23.3 Å². The number of primary amides is 1. The van der Waals surface area contributed by atoms with E-state index in [0.717, 1.165) is 0 Å². The highest BCUT2D eigenvalue weighted by Crippen LogP contribution is 2.18. The summed E-state index contributed by atoms with van der Waals surface area (Å²) in [7, 11) is 0. The molecule has 1 unspecified atom stereocenters. The number of aliphatic hydroxyl groups is 1. The molecule has 0 aliphatic rings. The highest BCUT2D eigenvalue weighted by Gasteiger charge is 2.20. The number of amides is 1. The number of aliphatic hydroxyl groups excluding tert-OH is 1. The number of nitrogens with two attached hydrogens (primary N) is 2. The molecule has 3 aromatic rings. The Hall–Kier alpha value is -3.07. The van der Waals surface area contributed by atoms with Gasteiger partial charge < -0.3 is 21.1 Å². The van der Waals surface area contributed by atoms with Gasteiger partial charge in [-0.2, -0.15) is 0 Å². The molecule has 9 nitrogen and oxygen atoms in total. The zero-order valence-electron chi connectivity index (χ0n) is 12.2. The van der Waals surface area contributed by atoms with Gasteiger partial charge in [-0.1, -0.05) is 0 Å². The van der Waals surface area contributed by atoms with E-state index in [1.165, 1.54) is 6.33 Å². The predicted molar refractivity (Wildman–Crippen MR) is 81.0 cm³/mol. The second-order valence-electron chi connectivity index (χ2n) is 5.07. The van der Waals surface area contributed by atoms with Gasteiger partial charge in [0.25, 0.3) is 5.91 Å². The van der Waals surface area contributed by atoms with Crippen LogP contribution in [0.15, 0.2) is 37.2 Å².